The highest BCUT2D eigenvalue weighted by atomic mass is 32.1. The van der Waals surface area contributed by atoms with Crippen LogP contribution >= 0.6 is 11.3 Å². The summed E-state index contributed by atoms with van der Waals surface area (Å²) in [4.78, 5) is 13.0. The first kappa shape index (κ1) is 31.5. The maximum absolute atomic E-state index is 7.85. The van der Waals surface area contributed by atoms with Crippen molar-refractivity contribution < 1.29 is 0 Å². The van der Waals surface area contributed by atoms with E-state index in [1.165, 1.54) is 0 Å². The minimum atomic E-state index is 0.542. The Morgan fingerprint density at radius 1 is 0.471 bits per heavy atom. The smallest absolute Gasteiger partial charge is 0.222 e. The molecule has 1 heterocycles. The number of aromatic nitrogens is 1. The first-order valence-electron chi connectivity index (χ1n) is 16.7. The third-order valence-corrected chi connectivity index (χ3v) is 9.77. The molecule has 0 spiro atoms. The molecule has 0 atom stereocenters. The number of nitrogens with zero attached hydrogens (tertiary/aromatic N) is 4. The van der Waals surface area contributed by atoms with E-state index in [9.17, 15) is 0 Å². The molecule has 0 unspecified atom stereocenters. The van der Waals surface area contributed by atoms with Crippen molar-refractivity contribution in [1.82, 2.24) is 4.98 Å². The summed E-state index contributed by atoms with van der Waals surface area (Å²) >= 11 is 1.55. The molecule has 8 rings (SSSR count). The highest BCUT2D eigenvalue weighted by Crippen LogP contribution is 2.38. The van der Waals surface area contributed by atoms with Crippen molar-refractivity contribution in [3.63, 3.8) is 0 Å². The van der Waals surface area contributed by atoms with Crippen LogP contribution in [0, 0.1) is 6.57 Å². The molecule has 5 heteroatoms. The van der Waals surface area contributed by atoms with Crippen LogP contribution in [0.1, 0.15) is 10.6 Å². The first-order chi connectivity index (χ1) is 25.2. The molecule has 1 aromatic heterocycles. The minimum Gasteiger partial charge on any atom is -0.311 e. The predicted octanol–water partition coefficient (Wildman–Crippen LogP) is 13.3. The number of anilines is 6. The number of hydrogen-bond donors (Lipinski definition) is 0. The third-order valence-electron chi connectivity index (χ3n) is 8.72. The summed E-state index contributed by atoms with van der Waals surface area (Å²) in [6.07, 6.45) is 1.92. The molecule has 4 nitrogen and oxygen atoms in total. The lowest BCUT2D eigenvalue weighted by molar-refractivity contribution is 1.28. The maximum atomic E-state index is 7.85. The Labute approximate surface area is 302 Å². The predicted molar refractivity (Wildman–Crippen MR) is 215 cm³/mol. The van der Waals surface area contributed by atoms with Crippen molar-refractivity contribution in [2.45, 2.75) is 0 Å². The fourth-order valence-electron chi connectivity index (χ4n) is 6.23. The lowest BCUT2D eigenvalue weighted by Crippen LogP contribution is -2.09. The SMILES string of the molecule is [C-]#[N+]/C(=C\c1ccc(N(c2ccccc2)c2ccc(-c3ccc(N(c4ccccc4)c4ccccc4)cc3)cc2)cc1)c1nc2ccccc2s1. The van der Waals surface area contributed by atoms with Gasteiger partial charge in [0.05, 0.1) is 16.8 Å². The van der Waals surface area contributed by atoms with Crippen molar-refractivity contribution in [3.05, 3.63) is 210 Å². The quantitative estimate of drug-likeness (QED) is 0.143. The van der Waals surface area contributed by atoms with E-state index in [0.717, 1.165) is 66.0 Å². The molecule has 242 valence electrons. The van der Waals surface area contributed by atoms with Crippen molar-refractivity contribution >= 4 is 67.5 Å². The van der Waals surface area contributed by atoms with Crippen LogP contribution in [-0.2, 0) is 0 Å². The number of fused-ring (bicyclic) bond motifs is 1. The summed E-state index contributed by atoms with van der Waals surface area (Å²) in [6, 6.07) is 65.1. The molecule has 7 aromatic carbocycles. The van der Waals surface area contributed by atoms with Gasteiger partial charge in [-0.15, -0.1) is 11.3 Å². The van der Waals surface area contributed by atoms with Gasteiger partial charge in [0.15, 0.2) is 0 Å². The van der Waals surface area contributed by atoms with E-state index in [0.29, 0.717) is 5.70 Å². The second kappa shape index (κ2) is 14.4. The second-order valence-corrected chi connectivity index (χ2v) is 13.0. The van der Waals surface area contributed by atoms with Gasteiger partial charge < -0.3 is 9.80 Å². The highest BCUT2D eigenvalue weighted by Gasteiger charge is 2.15. The molecular formula is C46H32N4S. The zero-order chi connectivity index (χ0) is 34.4. The molecule has 0 amide bonds. The number of thiazole rings is 1. The lowest BCUT2D eigenvalue weighted by atomic mass is 10.0. The van der Waals surface area contributed by atoms with Crippen LogP contribution < -0.4 is 9.80 Å². The third kappa shape index (κ3) is 6.78. The van der Waals surface area contributed by atoms with Gasteiger partial charge in [0.1, 0.15) is 5.01 Å². The fourth-order valence-corrected chi connectivity index (χ4v) is 7.16. The van der Waals surface area contributed by atoms with Gasteiger partial charge in [-0.2, -0.15) is 0 Å². The highest BCUT2D eigenvalue weighted by molar-refractivity contribution is 7.19. The van der Waals surface area contributed by atoms with E-state index in [2.05, 4.69) is 160 Å². The van der Waals surface area contributed by atoms with Crippen LogP contribution in [0.2, 0.25) is 0 Å². The van der Waals surface area contributed by atoms with Crippen LogP contribution in [-0.4, -0.2) is 4.98 Å². The Balaban J connectivity index is 1.07. The minimum absolute atomic E-state index is 0.542. The topological polar surface area (TPSA) is 23.7 Å². The van der Waals surface area contributed by atoms with Gasteiger partial charge in [0.25, 0.3) is 0 Å². The summed E-state index contributed by atoms with van der Waals surface area (Å²) in [5.41, 5.74) is 11.2. The summed E-state index contributed by atoms with van der Waals surface area (Å²) < 4.78 is 1.08. The number of para-hydroxylation sites is 4. The van der Waals surface area contributed by atoms with E-state index in [1.54, 1.807) is 11.3 Å². The molecule has 0 radical (unpaired) electrons. The van der Waals surface area contributed by atoms with Crippen LogP contribution in [0.3, 0.4) is 0 Å². The van der Waals surface area contributed by atoms with Crippen molar-refractivity contribution in [2.75, 3.05) is 9.80 Å². The molecule has 0 aliphatic carbocycles. The van der Waals surface area contributed by atoms with Gasteiger partial charge in [-0.3, -0.25) is 0 Å². The molecule has 0 aliphatic rings. The maximum Gasteiger partial charge on any atom is 0.222 e. The summed E-state index contributed by atoms with van der Waals surface area (Å²) in [6.45, 7) is 7.85. The summed E-state index contributed by atoms with van der Waals surface area (Å²) in [5.74, 6) is 0. The Kier molecular flexibility index (Phi) is 8.90. The monoisotopic (exact) mass is 672 g/mol. The Morgan fingerprint density at radius 2 is 0.863 bits per heavy atom. The zero-order valence-electron chi connectivity index (χ0n) is 27.7. The van der Waals surface area contributed by atoms with E-state index in [-0.39, 0.29) is 0 Å². The number of benzene rings is 7. The Morgan fingerprint density at radius 3 is 1.29 bits per heavy atom. The van der Waals surface area contributed by atoms with Crippen LogP contribution in [0.4, 0.5) is 34.1 Å². The summed E-state index contributed by atoms with van der Waals surface area (Å²) in [7, 11) is 0. The average molecular weight is 673 g/mol. The fraction of sp³-hybridized carbons (Fsp3) is 0. The number of rotatable bonds is 9. The van der Waals surface area contributed by atoms with Crippen LogP contribution in [0.15, 0.2) is 188 Å². The molecule has 0 bridgehead atoms. The van der Waals surface area contributed by atoms with Crippen LogP contribution in [0.25, 0.3) is 38.0 Å². The summed E-state index contributed by atoms with van der Waals surface area (Å²) in [5, 5.41) is 0.737. The zero-order valence-corrected chi connectivity index (χ0v) is 28.5. The van der Waals surface area contributed by atoms with Crippen LogP contribution in [0.5, 0.6) is 0 Å². The van der Waals surface area contributed by atoms with Crippen molar-refractivity contribution in [3.8, 4) is 11.1 Å². The van der Waals surface area contributed by atoms with E-state index < -0.39 is 0 Å². The lowest BCUT2D eigenvalue weighted by Gasteiger charge is -2.26. The molecule has 0 saturated carbocycles. The van der Waals surface area contributed by atoms with E-state index >= 15 is 0 Å². The second-order valence-electron chi connectivity index (χ2n) is 12.0. The van der Waals surface area contributed by atoms with E-state index in [1.807, 2.05) is 48.5 Å². The normalized spacial score (nSPS) is 11.2. The van der Waals surface area contributed by atoms with E-state index in [4.69, 9.17) is 11.6 Å². The first-order valence-corrected chi connectivity index (χ1v) is 17.6. The van der Waals surface area contributed by atoms with Gasteiger partial charge in [-0.25, -0.2) is 9.83 Å². The number of hydrogen-bond acceptors (Lipinski definition) is 4. The average Bonchev–Trinajstić information content (AvgIpc) is 3.64. The molecular weight excluding hydrogens is 641 g/mol. The van der Waals surface area contributed by atoms with Crippen molar-refractivity contribution in [1.29, 1.82) is 0 Å². The molecule has 0 saturated heterocycles. The standard InChI is InChI=1S/C46H32N4S/c1-47-44(46-48-43-19-11-12-20-45(43)51-46)33-34-21-27-40(28-22-34)50(39-17-9-4-10-18-39)42-31-25-36(26-32-42)35-23-29-41(30-24-35)49(37-13-5-2-6-14-37)38-15-7-3-8-16-38/h2-33H/b44-33-. The molecule has 0 N–H and O–H groups in total. The van der Waals surface area contributed by atoms with Gasteiger partial charge in [-0.05, 0) is 108 Å². The largest absolute Gasteiger partial charge is 0.311 e. The van der Waals surface area contributed by atoms with Gasteiger partial charge in [-0.1, -0.05) is 103 Å². The van der Waals surface area contributed by atoms with Gasteiger partial charge in [0.2, 0.25) is 5.70 Å². The molecule has 51 heavy (non-hydrogen) atoms. The Bertz CT molecular complexity index is 2380. The van der Waals surface area contributed by atoms with Gasteiger partial charge in [0, 0.05) is 34.1 Å². The van der Waals surface area contributed by atoms with Gasteiger partial charge >= 0.3 is 0 Å². The molecule has 8 aromatic rings. The van der Waals surface area contributed by atoms with Crippen molar-refractivity contribution in [2.24, 2.45) is 0 Å². The Hall–Kier alpha value is -6.74. The molecule has 0 aliphatic heterocycles. The molecule has 0 fully saturated rings.